The number of nitrogens with one attached hydrogen (secondary N) is 1. The minimum atomic E-state index is -0.0134. The highest BCUT2D eigenvalue weighted by atomic mass is 16.3. The van der Waals surface area contributed by atoms with Crippen LogP contribution in [0.4, 0.5) is 4.79 Å². The third-order valence-corrected chi connectivity index (χ3v) is 4.86. The molecule has 1 aromatic rings. The van der Waals surface area contributed by atoms with Crippen molar-refractivity contribution in [2.75, 3.05) is 13.7 Å². The molecular formula is C18H28N2O2. The highest BCUT2D eigenvalue weighted by Gasteiger charge is 2.26. The summed E-state index contributed by atoms with van der Waals surface area (Å²) in [5.74, 6) is 0.416. The lowest BCUT2D eigenvalue weighted by Crippen LogP contribution is -2.45. The Morgan fingerprint density at radius 3 is 2.41 bits per heavy atom. The van der Waals surface area contributed by atoms with E-state index in [2.05, 4.69) is 36.5 Å². The molecule has 1 aliphatic carbocycles. The smallest absolute Gasteiger partial charge is 0.317 e. The van der Waals surface area contributed by atoms with E-state index in [-0.39, 0.29) is 24.7 Å². The van der Waals surface area contributed by atoms with E-state index in [0.29, 0.717) is 5.92 Å². The van der Waals surface area contributed by atoms with Crippen LogP contribution in [-0.2, 0) is 0 Å². The van der Waals surface area contributed by atoms with Crippen LogP contribution >= 0.6 is 0 Å². The van der Waals surface area contributed by atoms with Crippen molar-refractivity contribution in [3.8, 4) is 0 Å². The van der Waals surface area contributed by atoms with Crippen LogP contribution in [0.25, 0.3) is 0 Å². The molecule has 22 heavy (non-hydrogen) atoms. The summed E-state index contributed by atoms with van der Waals surface area (Å²) in [6.45, 7) is 4.34. The summed E-state index contributed by atoms with van der Waals surface area (Å²) in [4.78, 5) is 14.2. The summed E-state index contributed by atoms with van der Waals surface area (Å²) in [5.41, 5.74) is 2.34. The lowest BCUT2D eigenvalue weighted by molar-refractivity contribution is 0.133. The van der Waals surface area contributed by atoms with Crippen LogP contribution in [0.5, 0.6) is 0 Å². The lowest BCUT2D eigenvalue weighted by atomic mass is 9.86. The summed E-state index contributed by atoms with van der Waals surface area (Å²) >= 11 is 0. The van der Waals surface area contributed by atoms with Crippen LogP contribution in [0.1, 0.15) is 49.8 Å². The van der Waals surface area contributed by atoms with Crippen LogP contribution in [0.15, 0.2) is 24.3 Å². The van der Waals surface area contributed by atoms with Gasteiger partial charge in [-0.1, -0.05) is 29.8 Å². The van der Waals surface area contributed by atoms with Gasteiger partial charge in [-0.25, -0.2) is 4.79 Å². The number of aryl methyl sites for hydroxylation is 1. The van der Waals surface area contributed by atoms with Gasteiger partial charge in [-0.3, -0.25) is 0 Å². The first kappa shape index (κ1) is 16.8. The van der Waals surface area contributed by atoms with Crippen LogP contribution in [0.3, 0.4) is 0 Å². The van der Waals surface area contributed by atoms with E-state index < -0.39 is 0 Å². The molecular weight excluding hydrogens is 276 g/mol. The van der Waals surface area contributed by atoms with E-state index in [1.165, 1.54) is 5.56 Å². The third kappa shape index (κ3) is 4.23. The van der Waals surface area contributed by atoms with Gasteiger partial charge in [0.15, 0.2) is 0 Å². The molecule has 0 aliphatic heterocycles. The first-order valence-electron chi connectivity index (χ1n) is 8.22. The van der Waals surface area contributed by atoms with Gasteiger partial charge in [-0.2, -0.15) is 0 Å². The Labute approximate surface area is 133 Å². The van der Waals surface area contributed by atoms with Crippen LogP contribution in [0.2, 0.25) is 0 Å². The minimum Gasteiger partial charge on any atom is -0.396 e. The topological polar surface area (TPSA) is 52.6 Å². The zero-order chi connectivity index (χ0) is 16.1. The SMILES string of the molecule is Cc1ccc(C(C)NC(=O)N(C)C2CCC(CO)CC2)cc1. The number of hydrogen-bond donors (Lipinski definition) is 2. The number of nitrogens with zero attached hydrogens (tertiary/aromatic N) is 1. The monoisotopic (exact) mass is 304 g/mol. The number of carbonyl (C=O) groups excluding carboxylic acids is 1. The average molecular weight is 304 g/mol. The molecule has 0 bridgehead atoms. The van der Waals surface area contributed by atoms with Crippen molar-refractivity contribution in [1.82, 2.24) is 10.2 Å². The molecule has 4 heteroatoms. The summed E-state index contributed by atoms with van der Waals surface area (Å²) in [5, 5.41) is 12.3. The van der Waals surface area contributed by atoms with Crippen molar-refractivity contribution in [3.05, 3.63) is 35.4 Å². The number of amides is 2. The predicted octanol–water partition coefficient (Wildman–Crippen LogP) is 3.25. The standard InChI is InChI=1S/C18H28N2O2/c1-13-4-8-16(9-5-13)14(2)19-18(22)20(3)17-10-6-15(12-21)7-11-17/h4-5,8-9,14-15,17,21H,6-7,10-12H2,1-3H3,(H,19,22). The summed E-state index contributed by atoms with van der Waals surface area (Å²) in [6, 6.07) is 8.53. The number of aliphatic hydroxyl groups is 1. The fourth-order valence-corrected chi connectivity index (χ4v) is 3.11. The molecule has 0 heterocycles. The molecule has 0 saturated heterocycles. The van der Waals surface area contributed by atoms with Gasteiger partial charge < -0.3 is 15.3 Å². The minimum absolute atomic E-state index is 0.00401. The Balaban J connectivity index is 1.87. The molecule has 0 spiro atoms. The van der Waals surface area contributed by atoms with Gasteiger partial charge >= 0.3 is 6.03 Å². The van der Waals surface area contributed by atoms with Crippen molar-refractivity contribution in [3.63, 3.8) is 0 Å². The molecule has 2 N–H and O–H groups in total. The molecule has 2 amide bonds. The molecule has 1 atom stereocenters. The Morgan fingerprint density at radius 1 is 1.27 bits per heavy atom. The number of rotatable bonds is 4. The molecule has 1 saturated carbocycles. The second-order valence-corrected chi connectivity index (χ2v) is 6.55. The first-order valence-corrected chi connectivity index (χ1v) is 8.22. The van der Waals surface area contributed by atoms with Crippen molar-refractivity contribution >= 4 is 6.03 Å². The fourth-order valence-electron chi connectivity index (χ4n) is 3.11. The molecule has 1 fully saturated rings. The maximum absolute atomic E-state index is 12.4. The molecule has 0 radical (unpaired) electrons. The van der Waals surface area contributed by atoms with Crippen LogP contribution in [-0.4, -0.2) is 35.7 Å². The molecule has 0 aromatic heterocycles. The normalized spacial score (nSPS) is 22.9. The number of hydrogen-bond acceptors (Lipinski definition) is 2. The number of aliphatic hydroxyl groups excluding tert-OH is 1. The third-order valence-electron chi connectivity index (χ3n) is 4.86. The highest BCUT2D eigenvalue weighted by Crippen LogP contribution is 2.27. The van der Waals surface area contributed by atoms with E-state index in [1.54, 1.807) is 0 Å². The number of urea groups is 1. The first-order chi connectivity index (χ1) is 10.5. The van der Waals surface area contributed by atoms with Gasteiger partial charge in [0.1, 0.15) is 0 Å². The fraction of sp³-hybridized carbons (Fsp3) is 0.611. The van der Waals surface area contributed by atoms with Gasteiger partial charge in [0.25, 0.3) is 0 Å². The molecule has 1 unspecified atom stereocenters. The maximum Gasteiger partial charge on any atom is 0.317 e. The second kappa shape index (κ2) is 7.63. The van der Waals surface area contributed by atoms with E-state index in [0.717, 1.165) is 31.2 Å². The average Bonchev–Trinajstić information content (AvgIpc) is 2.54. The molecule has 122 valence electrons. The van der Waals surface area contributed by atoms with Gasteiger partial charge in [0, 0.05) is 19.7 Å². The zero-order valence-electron chi connectivity index (χ0n) is 13.9. The number of benzene rings is 1. The highest BCUT2D eigenvalue weighted by molar-refractivity contribution is 5.74. The lowest BCUT2D eigenvalue weighted by Gasteiger charge is -2.34. The van der Waals surface area contributed by atoms with E-state index >= 15 is 0 Å². The Kier molecular flexibility index (Phi) is 5.83. The molecule has 1 aromatic carbocycles. The van der Waals surface area contributed by atoms with E-state index in [1.807, 2.05) is 18.9 Å². The zero-order valence-corrected chi connectivity index (χ0v) is 13.9. The maximum atomic E-state index is 12.4. The van der Waals surface area contributed by atoms with Crippen molar-refractivity contribution in [1.29, 1.82) is 0 Å². The van der Waals surface area contributed by atoms with E-state index in [9.17, 15) is 9.90 Å². The Morgan fingerprint density at radius 2 is 1.86 bits per heavy atom. The van der Waals surface area contributed by atoms with Crippen molar-refractivity contribution < 1.29 is 9.90 Å². The molecule has 1 aliphatic rings. The van der Waals surface area contributed by atoms with Gasteiger partial charge in [-0.05, 0) is 51.0 Å². The van der Waals surface area contributed by atoms with Crippen molar-refractivity contribution in [2.24, 2.45) is 5.92 Å². The van der Waals surface area contributed by atoms with Gasteiger partial charge in [0.2, 0.25) is 0 Å². The predicted molar refractivity (Wildman–Crippen MR) is 88.7 cm³/mol. The molecule has 2 rings (SSSR count). The van der Waals surface area contributed by atoms with Crippen LogP contribution < -0.4 is 5.32 Å². The van der Waals surface area contributed by atoms with Gasteiger partial charge in [-0.15, -0.1) is 0 Å². The quantitative estimate of drug-likeness (QED) is 0.897. The summed E-state index contributed by atoms with van der Waals surface area (Å²) in [6.07, 6.45) is 3.97. The number of carbonyl (C=O) groups is 1. The molecule has 4 nitrogen and oxygen atoms in total. The van der Waals surface area contributed by atoms with Gasteiger partial charge in [0.05, 0.1) is 6.04 Å². The van der Waals surface area contributed by atoms with E-state index in [4.69, 9.17) is 0 Å². The van der Waals surface area contributed by atoms with Crippen molar-refractivity contribution in [2.45, 2.75) is 51.6 Å². The Hall–Kier alpha value is -1.55. The Bertz CT molecular complexity index is 478. The summed E-state index contributed by atoms with van der Waals surface area (Å²) < 4.78 is 0. The largest absolute Gasteiger partial charge is 0.396 e. The van der Waals surface area contributed by atoms with Crippen LogP contribution in [0, 0.1) is 12.8 Å². The second-order valence-electron chi connectivity index (χ2n) is 6.55. The summed E-state index contributed by atoms with van der Waals surface area (Å²) in [7, 11) is 1.88.